The molecule has 0 unspecified atom stereocenters. The normalized spacial score (nSPS) is 10.6. The van der Waals surface area contributed by atoms with Crippen LogP contribution in [0, 0.1) is 10.1 Å². The van der Waals surface area contributed by atoms with E-state index >= 15 is 0 Å². The van der Waals surface area contributed by atoms with Crippen molar-refractivity contribution < 1.29 is 9.72 Å². The van der Waals surface area contributed by atoms with Crippen LogP contribution in [0.2, 0.25) is 10.0 Å². The van der Waals surface area contributed by atoms with Gasteiger partial charge < -0.3 is 5.32 Å². The molecule has 0 saturated carbocycles. The first-order chi connectivity index (χ1) is 10.5. The van der Waals surface area contributed by atoms with Gasteiger partial charge in [-0.15, -0.1) is 0 Å². The van der Waals surface area contributed by atoms with Crippen molar-refractivity contribution in [2.45, 2.75) is 0 Å². The number of amides is 1. The molecule has 0 spiro atoms. The number of nitro groups is 1. The lowest BCUT2D eigenvalue weighted by Gasteiger charge is -2.02. The molecule has 8 heteroatoms. The zero-order valence-corrected chi connectivity index (χ0v) is 12.5. The van der Waals surface area contributed by atoms with Crippen molar-refractivity contribution in [3.63, 3.8) is 0 Å². The van der Waals surface area contributed by atoms with E-state index in [2.05, 4.69) is 10.3 Å². The summed E-state index contributed by atoms with van der Waals surface area (Å²) in [4.78, 5) is 25.5. The summed E-state index contributed by atoms with van der Waals surface area (Å²) < 4.78 is 0. The van der Waals surface area contributed by atoms with Gasteiger partial charge in [-0.1, -0.05) is 29.3 Å². The van der Waals surface area contributed by atoms with E-state index < -0.39 is 10.8 Å². The Hall–Kier alpha value is -2.44. The SMILES string of the molecule is O=C(/C=C/c1c(Cl)cccc1Cl)Nc1ccc([N+](=O)[O-])cn1. The minimum atomic E-state index is -0.572. The number of nitrogens with one attached hydrogen (secondary N) is 1. The smallest absolute Gasteiger partial charge is 0.287 e. The van der Waals surface area contributed by atoms with Crippen LogP contribution < -0.4 is 5.32 Å². The molecule has 0 atom stereocenters. The monoisotopic (exact) mass is 337 g/mol. The molecule has 0 aliphatic rings. The van der Waals surface area contributed by atoms with Gasteiger partial charge in [0.05, 0.1) is 4.92 Å². The summed E-state index contributed by atoms with van der Waals surface area (Å²) in [6, 6.07) is 7.60. The van der Waals surface area contributed by atoms with Crippen molar-refractivity contribution in [1.29, 1.82) is 0 Å². The summed E-state index contributed by atoms with van der Waals surface area (Å²) in [5.41, 5.74) is 0.369. The fourth-order valence-corrected chi connectivity index (χ4v) is 2.09. The molecule has 1 N–H and O–H groups in total. The lowest BCUT2D eigenvalue weighted by Crippen LogP contribution is -2.09. The zero-order chi connectivity index (χ0) is 16.1. The van der Waals surface area contributed by atoms with E-state index in [9.17, 15) is 14.9 Å². The molecule has 1 heterocycles. The summed E-state index contributed by atoms with van der Waals surface area (Å²) in [5, 5.41) is 13.8. The Labute approximate surface area is 135 Å². The Morgan fingerprint density at radius 1 is 1.23 bits per heavy atom. The van der Waals surface area contributed by atoms with E-state index in [1.54, 1.807) is 18.2 Å². The Morgan fingerprint density at radius 2 is 1.91 bits per heavy atom. The fraction of sp³-hybridized carbons (Fsp3) is 0. The Balaban J connectivity index is 2.06. The minimum Gasteiger partial charge on any atom is -0.307 e. The minimum absolute atomic E-state index is 0.156. The Morgan fingerprint density at radius 3 is 2.45 bits per heavy atom. The molecule has 0 bridgehead atoms. The number of benzene rings is 1. The average Bonchev–Trinajstić information content (AvgIpc) is 2.47. The summed E-state index contributed by atoms with van der Waals surface area (Å²) >= 11 is 12.0. The van der Waals surface area contributed by atoms with Gasteiger partial charge in [-0.2, -0.15) is 0 Å². The van der Waals surface area contributed by atoms with Crippen molar-refractivity contribution >= 4 is 46.7 Å². The molecule has 1 aromatic heterocycles. The number of hydrogen-bond acceptors (Lipinski definition) is 4. The average molecular weight is 338 g/mol. The highest BCUT2D eigenvalue weighted by Gasteiger charge is 2.07. The first-order valence-corrected chi connectivity index (χ1v) is 6.76. The Kier molecular flexibility index (Phi) is 5.08. The van der Waals surface area contributed by atoms with Gasteiger partial charge in [-0.25, -0.2) is 4.98 Å². The highest BCUT2D eigenvalue weighted by Crippen LogP contribution is 2.25. The molecule has 0 radical (unpaired) electrons. The number of halogens is 2. The summed E-state index contributed by atoms with van der Waals surface area (Å²) in [6.07, 6.45) is 3.78. The quantitative estimate of drug-likeness (QED) is 0.520. The van der Waals surface area contributed by atoms with Gasteiger partial charge in [0, 0.05) is 27.8 Å². The molecular weight excluding hydrogens is 329 g/mol. The first-order valence-electron chi connectivity index (χ1n) is 6.01. The highest BCUT2D eigenvalue weighted by molar-refractivity contribution is 6.37. The number of pyridine rings is 1. The molecule has 2 aromatic rings. The number of carbonyl (C=O) groups is 1. The standard InChI is InChI=1S/C14H9Cl2N3O3/c15-11-2-1-3-12(16)10(11)5-7-14(20)18-13-6-4-9(8-17-13)19(21)22/h1-8H,(H,17,18,20)/b7-5+. The van der Waals surface area contributed by atoms with Crippen molar-refractivity contribution in [3.8, 4) is 0 Å². The maximum absolute atomic E-state index is 11.8. The van der Waals surface area contributed by atoms with Crippen molar-refractivity contribution in [2.75, 3.05) is 5.32 Å². The van der Waals surface area contributed by atoms with Gasteiger partial charge in [0.2, 0.25) is 5.91 Å². The van der Waals surface area contributed by atoms with Crippen LogP contribution in [0.4, 0.5) is 11.5 Å². The molecule has 0 aliphatic carbocycles. The summed E-state index contributed by atoms with van der Waals surface area (Å²) in [7, 11) is 0. The molecule has 6 nitrogen and oxygen atoms in total. The third-order valence-electron chi connectivity index (χ3n) is 2.61. The van der Waals surface area contributed by atoms with Crippen LogP contribution in [-0.4, -0.2) is 15.8 Å². The van der Waals surface area contributed by atoms with Crippen molar-refractivity contribution in [3.05, 3.63) is 68.3 Å². The number of rotatable bonds is 4. The van der Waals surface area contributed by atoms with E-state index in [0.717, 1.165) is 6.20 Å². The second kappa shape index (κ2) is 7.02. The third-order valence-corrected chi connectivity index (χ3v) is 3.27. The molecule has 0 aliphatic heterocycles. The fourth-order valence-electron chi connectivity index (χ4n) is 1.56. The molecule has 0 saturated heterocycles. The topological polar surface area (TPSA) is 85.1 Å². The van der Waals surface area contributed by atoms with Crippen LogP contribution in [0.5, 0.6) is 0 Å². The number of nitrogens with zero attached hydrogens (tertiary/aromatic N) is 2. The molecule has 112 valence electrons. The van der Waals surface area contributed by atoms with E-state index in [4.69, 9.17) is 23.2 Å². The lowest BCUT2D eigenvalue weighted by molar-refractivity contribution is -0.385. The molecule has 2 rings (SSSR count). The Bertz CT molecular complexity index is 725. The van der Waals surface area contributed by atoms with Crippen LogP contribution in [0.3, 0.4) is 0 Å². The molecule has 1 amide bonds. The predicted octanol–water partition coefficient (Wildman–Crippen LogP) is 3.95. The number of hydrogen-bond donors (Lipinski definition) is 1. The molecule has 1 aromatic carbocycles. The van der Waals surface area contributed by atoms with Gasteiger partial charge in [-0.05, 0) is 24.3 Å². The van der Waals surface area contributed by atoms with E-state index in [-0.39, 0.29) is 11.5 Å². The van der Waals surface area contributed by atoms with Gasteiger partial charge in [0.1, 0.15) is 12.0 Å². The van der Waals surface area contributed by atoms with Gasteiger partial charge in [0.25, 0.3) is 5.69 Å². The second-order valence-corrected chi connectivity index (χ2v) is 4.93. The van der Waals surface area contributed by atoms with Crippen LogP contribution in [0.25, 0.3) is 6.08 Å². The van der Waals surface area contributed by atoms with Crippen LogP contribution in [0.15, 0.2) is 42.6 Å². The molecular formula is C14H9Cl2N3O3. The van der Waals surface area contributed by atoms with Crippen LogP contribution in [-0.2, 0) is 4.79 Å². The number of aromatic nitrogens is 1. The maximum Gasteiger partial charge on any atom is 0.287 e. The van der Waals surface area contributed by atoms with E-state index in [1.165, 1.54) is 24.3 Å². The molecule has 22 heavy (non-hydrogen) atoms. The van der Waals surface area contributed by atoms with Crippen molar-refractivity contribution in [1.82, 2.24) is 4.98 Å². The highest BCUT2D eigenvalue weighted by atomic mass is 35.5. The lowest BCUT2D eigenvalue weighted by atomic mass is 10.2. The second-order valence-electron chi connectivity index (χ2n) is 4.12. The number of carbonyl (C=O) groups excluding carboxylic acids is 1. The first kappa shape index (κ1) is 15.9. The summed E-state index contributed by atoms with van der Waals surface area (Å²) in [6.45, 7) is 0. The van der Waals surface area contributed by atoms with Gasteiger partial charge in [-0.3, -0.25) is 14.9 Å². The van der Waals surface area contributed by atoms with E-state index in [1.807, 2.05) is 0 Å². The predicted molar refractivity (Wildman–Crippen MR) is 85.0 cm³/mol. The van der Waals surface area contributed by atoms with Crippen molar-refractivity contribution in [2.24, 2.45) is 0 Å². The number of anilines is 1. The molecule has 0 fully saturated rings. The van der Waals surface area contributed by atoms with Crippen LogP contribution in [0.1, 0.15) is 5.56 Å². The largest absolute Gasteiger partial charge is 0.307 e. The van der Waals surface area contributed by atoms with E-state index in [0.29, 0.717) is 15.6 Å². The van der Waals surface area contributed by atoms with Crippen LogP contribution >= 0.6 is 23.2 Å². The third kappa shape index (κ3) is 4.03. The van der Waals surface area contributed by atoms with Gasteiger partial charge in [0.15, 0.2) is 0 Å². The summed E-state index contributed by atoms with van der Waals surface area (Å²) in [5.74, 6) is -0.261. The zero-order valence-electron chi connectivity index (χ0n) is 11.0. The maximum atomic E-state index is 11.8. The van der Waals surface area contributed by atoms with Gasteiger partial charge >= 0.3 is 0 Å².